The molecule has 1 heterocycles. The van der Waals surface area contributed by atoms with Gasteiger partial charge in [0.05, 0.1) is 0 Å². The van der Waals surface area contributed by atoms with Crippen LogP contribution in [0, 0.1) is 23.7 Å². The fourth-order valence-corrected chi connectivity index (χ4v) is 2.81. The minimum Gasteiger partial charge on any atom is -0.339 e. The van der Waals surface area contributed by atoms with Gasteiger partial charge in [-0.05, 0) is 30.6 Å². The fourth-order valence-electron chi connectivity index (χ4n) is 2.81. The number of hydrogen-bond acceptors (Lipinski definition) is 1. The molecule has 0 bridgehead atoms. The molecule has 100 valence electrons. The van der Waals surface area contributed by atoms with Crippen molar-refractivity contribution in [3.8, 4) is 0 Å². The van der Waals surface area contributed by atoms with Gasteiger partial charge in [0.15, 0.2) is 0 Å². The molecule has 1 aliphatic rings. The first-order valence-corrected chi connectivity index (χ1v) is 7.13. The quantitative estimate of drug-likeness (QED) is 0.734. The van der Waals surface area contributed by atoms with Crippen molar-refractivity contribution in [1.82, 2.24) is 4.90 Å². The van der Waals surface area contributed by atoms with E-state index in [1.165, 1.54) is 6.42 Å². The molecule has 2 heteroatoms. The minimum absolute atomic E-state index is 0.135. The number of carbonyl (C=O) groups is 1. The second-order valence-electron chi connectivity index (χ2n) is 6.67. The third-order valence-electron chi connectivity index (χ3n) is 3.91. The summed E-state index contributed by atoms with van der Waals surface area (Å²) < 4.78 is 0. The molecule has 0 aromatic carbocycles. The molecule has 17 heavy (non-hydrogen) atoms. The number of likely N-dealkylation sites (tertiary alicyclic amines) is 1. The standard InChI is InChI=1S/C15H29NO/c1-10(2)7-14-8-13(11(3)4)9-16(14)15(17)12(5)6/h10-14H,7-9H2,1-6H3. The number of carbonyl (C=O) groups excluding carboxylic acids is 1. The third-order valence-corrected chi connectivity index (χ3v) is 3.91. The van der Waals surface area contributed by atoms with E-state index in [1.54, 1.807) is 0 Å². The smallest absolute Gasteiger partial charge is 0.225 e. The van der Waals surface area contributed by atoms with Gasteiger partial charge in [0.25, 0.3) is 0 Å². The zero-order chi connectivity index (χ0) is 13.2. The van der Waals surface area contributed by atoms with Crippen LogP contribution < -0.4 is 0 Å². The average molecular weight is 239 g/mol. The molecule has 1 fully saturated rings. The van der Waals surface area contributed by atoms with Crippen molar-refractivity contribution in [3.05, 3.63) is 0 Å². The van der Waals surface area contributed by atoms with Crippen LogP contribution in [0.2, 0.25) is 0 Å². The molecule has 0 aromatic rings. The highest BCUT2D eigenvalue weighted by Gasteiger charge is 2.37. The largest absolute Gasteiger partial charge is 0.339 e. The highest BCUT2D eigenvalue weighted by molar-refractivity contribution is 5.78. The van der Waals surface area contributed by atoms with E-state index < -0.39 is 0 Å². The zero-order valence-electron chi connectivity index (χ0n) is 12.4. The van der Waals surface area contributed by atoms with Gasteiger partial charge in [0.2, 0.25) is 5.91 Å². The highest BCUT2D eigenvalue weighted by Crippen LogP contribution is 2.33. The summed E-state index contributed by atoms with van der Waals surface area (Å²) in [5.74, 6) is 2.54. The van der Waals surface area contributed by atoms with Gasteiger partial charge in [0, 0.05) is 18.5 Å². The second-order valence-corrected chi connectivity index (χ2v) is 6.67. The maximum absolute atomic E-state index is 12.2. The Hall–Kier alpha value is -0.530. The van der Waals surface area contributed by atoms with Crippen LogP contribution in [0.1, 0.15) is 54.4 Å². The lowest BCUT2D eigenvalue weighted by atomic mass is 9.91. The summed E-state index contributed by atoms with van der Waals surface area (Å²) in [6, 6.07) is 0.484. The van der Waals surface area contributed by atoms with E-state index in [-0.39, 0.29) is 5.92 Å². The van der Waals surface area contributed by atoms with Gasteiger partial charge in [-0.1, -0.05) is 41.5 Å². The van der Waals surface area contributed by atoms with Crippen LogP contribution in [0.5, 0.6) is 0 Å². The lowest BCUT2D eigenvalue weighted by Crippen LogP contribution is -2.39. The van der Waals surface area contributed by atoms with Crippen LogP contribution >= 0.6 is 0 Å². The Morgan fingerprint density at radius 1 is 1.18 bits per heavy atom. The molecular formula is C15H29NO. The fraction of sp³-hybridized carbons (Fsp3) is 0.933. The summed E-state index contributed by atoms with van der Waals surface area (Å²) in [6.45, 7) is 14.1. The van der Waals surface area contributed by atoms with Crippen LogP contribution in [-0.4, -0.2) is 23.4 Å². The molecule has 0 N–H and O–H groups in total. The Bertz CT molecular complexity index is 258. The highest BCUT2D eigenvalue weighted by atomic mass is 16.2. The molecule has 1 saturated heterocycles. The number of amides is 1. The number of hydrogen-bond donors (Lipinski definition) is 0. The first-order valence-electron chi connectivity index (χ1n) is 7.13. The van der Waals surface area contributed by atoms with Crippen molar-refractivity contribution in [2.45, 2.75) is 60.4 Å². The number of rotatable bonds is 4. The van der Waals surface area contributed by atoms with Crippen molar-refractivity contribution >= 4 is 5.91 Å². The lowest BCUT2D eigenvalue weighted by Gasteiger charge is -2.27. The summed E-state index contributed by atoms with van der Waals surface area (Å²) in [5, 5.41) is 0. The van der Waals surface area contributed by atoms with Crippen LogP contribution in [0.25, 0.3) is 0 Å². The zero-order valence-corrected chi connectivity index (χ0v) is 12.4. The first-order chi connectivity index (χ1) is 7.82. The molecule has 2 atom stereocenters. The second kappa shape index (κ2) is 5.88. The maximum atomic E-state index is 12.2. The molecule has 2 nitrogen and oxygen atoms in total. The van der Waals surface area contributed by atoms with E-state index in [2.05, 4.69) is 32.6 Å². The van der Waals surface area contributed by atoms with Gasteiger partial charge in [-0.15, -0.1) is 0 Å². The molecule has 1 aliphatic heterocycles. The van der Waals surface area contributed by atoms with Gasteiger partial charge < -0.3 is 4.90 Å². The van der Waals surface area contributed by atoms with Crippen LogP contribution in [0.15, 0.2) is 0 Å². The van der Waals surface area contributed by atoms with E-state index in [1.807, 2.05) is 13.8 Å². The van der Waals surface area contributed by atoms with Crippen molar-refractivity contribution in [1.29, 1.82) is 0 Å². The van der Waals surface area contributed by atoms with E-state index in [4.69, 9.17) is 0 Å². The predicted molar refractivity (Wildman–Crippen MR) is 72.7 cm³/mol. The van der Waals surface area contributed by atoms with E-state index in [0.29, 0.717) is 29.7 Å². The summed E-state index contributed by atoms with van der Waals surface area (Å²) in [7, 11) is 0. The third kappa shape index (κ3) is 3.72. The Labute approximate surface area is 107 Å². The molecule has 2 unspecified atom stereocenters. The van der Waals surface area contributed by atoms with Crippen LogP contribution in [0.3, 0.4) is 0 Å². The minimum atomic E-state index is 0.135. The van der Waals surface area contributed by atoms with Crippen molar-refractivity contribution in [3.63, 3.8) is 0 Å². The van der Waals surface area contributed by atoms with Crippen molar-refractivity contribution in [2.24, 2.45) is 23.7 Å². The normalized spacial score (nSPS) is 25.4. The van der Waals surface area contributed by atoms with Gasteiger partial charge in [-0.25, -0.2) is 0 Å². The summed E-state index contributed by atoms with van der Waals surface area (Å²) >= 11 is 0. The maximum Gasteiger partial charge on any atom is 0.225 e. The average Bonchev–Trinajstić information content (AvgIpc) is 2.59. The van der Waals surface area contributed by atoms with E-state index in [9.17, 15) is 4.79 Å². The molecule has 0 saturated carbocycles. The molecular weight excluding hydrogens is 210 g/mol. The van der Waals surface area contributed by atoms with Crippen molar-refractivity contribution < 1.29 is 4.79 Å². The molecule has 0 spiro atoms. The van der Waals surface area contributed by atoms with Gasteiger partial charge in [-0.2, -0.15) is 0 Å². The Kier molecular flexibility index (Phi) is 5.03. The monoisotopic (exact) mass is 239 g/mol. The van der Waals surface area contributed by atoms with Gasteiger partial charge >= 0.3 is 0 Å². The summed E-state index contributed by atoms with van der Waals surface area (Å²) in [6.07, 6.45) is 2.36. The Morgan fingerprint density at radius 2 is 1.76 bits per heavy atom. The van der Waals surface area contributed by atoms with Crippen LogP contribution in [0.4, 0.5) is 0 Å². The lowest BCUT2D eigenvalue weighted by molar-refractivity contribution is -0.135. The molecule has 0 radical (unpaired) electrons. The molecule has 0 aliphatic carbocycles. The van der Waals surface area contributed by atoms with Crippen molar-refractivity contribution in [2.75, 3.05) is 6.54 Å². The predicted octanol–water partition coefficient (Wildman–Crippen LogP) is 3.56. The Morgan fingerprint density at radius 3 is 2.18 bits per heavy atom. The van der Waals surface area contributed by atoms with Gasteiger partial charge in [-0.3, -0.25) is 4.79 Å². The first kappa shape index (κ1) is 14.5. The SMILES string of the molecule is CC(C)CC1CC(C(C)C)CN1C(=O)C(C)C. The Balaban J connectivity index is 2.73. The number of nitrogens with zero attached hydrogens (tertiary/aromatic N) is 1. The topological polar surface area (TPSA) is 20.3 Å². The van der Waals surface area contributed by atoms with Crippen LogP contribution in [-0.2, 0) is 4.79 Å². The molecule has 0 aromatic heterocycles. The molecule has 1 rings (SSSR count). The van der Waals surface area contributed by atoms with E-state index in [0.717, 1.165) is 13.0 Å². The van der Waals surface area contributed by atoms with Gasteiger partial charge in [0.1, 0.15) is 0 Å². The summed E-state index contributed by atoms with van der Waals surface area (Å²) in [5.41, 5.74) is 0. The van der Waals surface area contributed by atoms with E-state index >= 15 is 0 Å². The summed E-state index contributed by atoms with van der Waals surface area (Å²) in [4.78, 5) is 14.4. The molecule has 1 amide bonds.